The second-order valence-electron chi connectivity index (χ2n) is 7.92. The zero-order valence-corrected chi connectivity index (χ0v) is 20.4. The monoisotopic (exact) mass is 482 g/mol. The Labute approximate surface area is 199 Å². The Bertz CT molecular complexity index is 902. The third kappa shape index (κ3) is 7.71. The van der Waals surface area contributed by atoms with E-state index in [1.54, 1.807) is 17.0 Å². The lowest BCUT2D eigenvalue weighted by molar-refractivity contribution is -0.141. The molecule has 2 amide bonds. The van der Waals surface area contributed by atoms with Crippen LogP contribution in [0.5, 0.6) is 0 Å². The highest BCUT2D eigenvalue weighted by molar-refractivity contribution is 6.42. The fraction of sp³-hybridized carbons (Fsp3) is 0.417. The van der Waals surface area contributed by atoms with E-state index >= 15 is 0 Å². The number of aryl methyl sites for hydroxylation is 1. The second kappa shape index (κ2) is 12.3. The molecule has 0 bridgehead atoms. The van der Waals surface area contributed by atoms with E-state index in [1.165, 1.54) is 0 Å². The highest BCUT2D eigenvalue weighted by atomic mass is 35.5. The molecule has 1 N–H and O–H groups in total. The predicted molar refractivity (Wildman–Crippen MR) is 129 cm³/mol. The van der Waals surface area contributed by atoms with Gasteiger partial charge >= 0.3 is 0 Å². The first kappa shape index (κ1) is 25.5. The number of amides is 2. The molecule has 0 aliphatic heterocycles. The van der Waals surface area contributed by atoms with Crippen LogP contribution in [0.4, 0.5) is 0 Å². The number of hydrogen-bond donors (Lipinski definition) is 1. The minimum absolute atomic E-state index is 0.113. The van der Waals surface area contributed by atoms with Gasteiger partial charge in [-0.2, -0.15) is 0 Å². The van der Waals surface area contributed by atoms with E-state index in [1.807, 2.05) is 51.1 Å². The van der Waals surface area contributed by atoms with Crippen LogP contribution in [0.1, 0.15) is 44.7 Å². The fourth-order valence-corrected chi connectivity index (χ4v) is 3.81. The summed E-state index contributed by atoms with van der Waals surface area (Å²) in [6.45, 7) is 6.80. The first-order chi connectivity index (χ1) is 14.7. The number of hydrogen-bond acceptors (Lipinski definition) is 2. The Kier molecular flexibility index (Phi) is 10.1. The summed E-state index contributed by atoms with van der Waals surface area (Å²) in [5.41, 5.74) is 1.72. The molecule has 31 heavy (non-hydrogen) atoms. The maximum absolute atomic E-state index is 13.3. The Morgan fingerprint density at radius 1 is 1.00 bits per heavy atom. The van der Waals surface area contributed by atoms with Crippen LogP contribution in [-0.4, -0.2) is 29.3 Å². The van der Waals surface area contributed by atoms with Gasteiger partial charge in [0.2, 0.25) is 11.8 Å². The van der Waals surface area contributed by atoms with Crippen LogP contribution >= 0.6 is 34.8 Å². The zero-order valence-electron chi connectivity index (χ0n) is 18.1. The van der Waals surface area contributed by atoms with Gasteiger partial charge in [0.05, 0.1) is 10.0 Å². The fourth-order valence-electron chi connectivity index (χ4n) is 3.26. The van der Waals surface area contributed by atoms with Crippen LogP contribution in [0.3, 0.4) is 0 Å². The first-order valence-corrected chi connectivity index (χ1v) is 11.6. The molecule has 0 saturated carbocycles. The van der Waals surface area contributed by atoms with Crippen molar-refractivity contribution in [2.45, 2.75) is 52.6 Å². The molecule has 2 aromatic rings. The Balaban J connectivity index is 2.24. The molecule has 0 aromatic heterocycles. The lowest BCUT2D eigenvalue weighted by Crippen LogP contribution is -2.49. The lowest BCUT2D eigenvalue weighted by atomic mass is 10.1. The third-order valence-electron chi connectivity index (χ3n) is 4.97. The number of benzene rings is 2. The van der Waals surface area contributed by atoms with E-state index in [9.17, 15) is 9.59 Å². The molecule has 0 spiro atoms. The van der Waals surface area contributed by atoms with Crippen molar-refractivity contribution in [3.8, 4) is 0 Å². The van der Waals surface area contributed by atoms with Crippen molar-refractivity contribution in [2.24, 2.45) is 5.92 Å². The third-order valence-corrected chi connectivity index (χ3v) is 6.08. The van der Waals surface area contributed by atoms with E-state index in [-0.39, 0.29) is 24.8 Å². The summed E-state index contributed by atoms with van der Waals surface area (Å²) in [5.74, 6) is 0.0563. The lowest BCUT2D eigenvalue weighted by Gasteiger charge is -2.31. The number of rotatable bonds is 10. The van der Waals surface area contributed by atoms with Crippen LogP contribution in [0.15, 0.2) is 42.5 Å². The number of carbonyl (C=O) groups is 2. The number of carbonyl (C=O) groups excluding carboxylic acids is 2. The summed E-state index contributed by atoms with van der Waals surface area (Å²) in [5, 5.41) is 4.45. The summed E-state index contributed by atoms with van der Waals surface area (Å²) in [6, 6.07) is 12.1. The molecule has 7 heteroatoms. The van der Waals surface area contributed by atoms with E-state index in [2.05, 4.69) is 5.32 Å². The molecule has 0 radical (unpaired) electrons. The van der Waals surface area contributed by atoms with Gasteiger partial charge in [-0.15, -0.1) is 0 Å². The quantitative estimate of drug-likeness (QED) is 0.440. The maximum Gasteiger partial charge on any atom is 0.242 e. The maximum atomic E-state index is 13.3. The van der Waals surface area contributed by atoms with Crippen molar-refractivity contribution in [1.82, 2.24) is 10.2 Å². The van der Waals surface area contributed by atoms with Crippen molar-refractivity contribution in [3.05, 3.63) is 68.7 Å². The standard InChI is InChI=1S/C24H29Cl3N2O2/c1-4-22(24(31)28-14-16(2)3)29(15-17-9-11-20(26)21(27)13-17)23(30)12-10-18-7-5-6-8-19(18)25/h5-9,11,13,16,22H,4,10,12,14-15H2,1-3H3,(H,28,31). The average Bonchev–Trinajstić information content (AvgIpc) is 2.73. The molecule has 2 rings (SSSR count). The van der Waals surface area contributed by atoms with Gasteiger partial charge in [0.15, 0.2) is 0 Å². The van der Waals surface area contributed by atoms with E-state index in [0.29, 0.717) is 40.4 Å². The number of halogens is 3. The van der Waals surface area contributed by atoms with Crippen LogP contribution in [-0.2, 0) is 22.6 Å². The summed E-state index contributed by atoms with van der Waals surface area (Å²) in [7, 11) is 0. The molecule has 0 saturated heterocycles. The Morgan fingerprint density at radius 2 is 1.71 bits per heavy atom. The number of nitrogens with zero attached hydrogens (tertiary/aromatic N) is 1. The minimum Gasteiger partial charge on any atom is -0.354 e. The average molecular weight is 484 g/mol. The van der Waals surface area contributed by atoms with Crippen molar-refractivity contribution >= 4 is 46.6 Å². The van der Waals surface area contributed by atoms with Gasteiger partial charge in [0.1, 0.15) is 6.04 Å². The molecule has 1 atom stereocenters. The van der Waals surface area contributed by atoms with Crippen LogP contribution in [0.2, 0.25) is 15.1 Å². The van der Waals surface area contributed by atoms with Gasteiger partial charge in [0.25, 0.3) is 0 Å². The van der Waals surface area contributed by atoms with Crippen LogP contribution in [0.25, 0.3) is 0 Å². The minimum atomic E-state index is -0.577. The molecular formula is C24H29Cl3N2O2. The van der Waals surface area contributed by atoms with Gasteiger partial charge in [0, 0.05) is 24.5 Å². The van der Waals surface area contributed by atoms with Crippen molar-refractivity contribution < 1.29 is 9.59 Å². The van der Waals surface area contributed by atoms with E-state index in [0.717, 1.165) is 11.1 Å². The molecule has 1 unspecified atom stereocenters. The van der Waals surface area contributed by atoms with Crippen molar-refractivity contribution in [2.75, 3.05) is 6.54 Å². The summed E-state index contributed by atoms with van der Waals surface area (Å²) >= 11 is 18.4. The normalized spacial score (nSPS) is 12.0. The molecule has 4 nitrogen and oxygen atoms in total. The highest BCUT2D eigenvalue weighted by Crippen LogP contribution is 2.25. The molecule has 2 aromatic carbocycles. The van der Waals surface area contributed by atoms with Gasteiger partial charge in [-0.05, 0) is 48.1 Å². The van der Waals surface area contributed by atoms with Gasteiger partial charge in [-0.1, -0.05) is 79.8 Å². The molecule has 0 aliphatic carbocycles. The van der Waals surface area contributed by atoms with Gasteiger partial charge in [-0.25, -0.2) is 0 Å². The predicted octanol–water partition coefficient (Wildman–Crippen LogP) is 6.16. The summed E-state index contributed by atoms with van der Waals surface area (Å²) in [4.78, 5) is 27.8. The largest absolute Gasteiger partial charge is 0.354 e. The summed E-state index contributed by atoms with van der Waals surface area (Å²) in [6.07, 6.45) is 1.25. The highest BCUT2D eigenvalue weighted by Gasteiger charge is 2.28. The first-order valence-electron chi connectivity index (χ1n) is 10.5. The zero-order chi connectivity index (χ0) is 23.0. The second-order valence-corrected chi connectivity index (χ2v) is 9.15. The molecule has 168 valence electrons. The van der Waals surface area contributed by atoms with Crippen LogP contribution < -0.4 is 5.32 Å². The molecular weight excluding hydrogens is 455 g/mol. The molecule has 0 fully saturated rings. The topological polar surface area (TPSA) is 49.4 Å². The molecule has 0 aliphatic rings. The summed E-state index contributed by atoms with van der Waals surface area (Å²) < 4.78 is 0. The van der Waals surface area contributed by atoms with Crippen molar-refractivity contribution in [3.63, 3.8) is 0 Å². The Hall–Kier alpha value is -1.75. The van der Waals surface area contributed by atoms with Crippen LogP contribution in [0, 0.1) is 5.92 Å². The smallest absolute Gasteiger partial charge is 0.242 e. The SMILES string of the molecule is CCC(C(=O)NCC(C)C)N(Cc1ccc(Cl)c(Cl)c1)C(=O)CCc1ccccc1Cl. The van der Waals surface area contributed by atoms with Crippen molar-refractivity contribution in [1.29, 1.82) is 0 Å². The van der Waals surface area contributed by atoms with E-state index < -0.39 is 6.04 Å². The van der Waals surface area contributed by atoms with Gasteiger partial charge in [-0.3, -0.25) is 9.59 Å². The van der Waals surface area contributed by atoms with E-state index in [4.69, 9.17) is 34.8 Å². The van der Waals surface area contributed by atoms with Gasteiger partial charge < -0.3 is 10.2 Å². The Morgan fingerprint density at radius 3 is 2.32 bits per heavy atom. The number of nitrogens with one attached hydrogen (secondary N) is 1. The molecule has 0 heterocycles.